The molecule has 0 fully saturated rings. The first-order valence-corrected chi connectivity index (χ1v) is 6.61. The van der Waals surface area contributed by atoms with Crippen LogP contribution in [0.2, 0.25) is 0 Å². The summed E-state index contributed by atoms with van der Waals surface area (Å²) in [7, 11) is 3.95. The first kappa shape index (κ1) is 14.3. The molecule has 0 heterocycles. The summed E-state index contributed by atoms with van der Waals surface area (Å²) in [6.45, 7) is 0. The molecule has 3 nitrogen and oxygen atoms in total. The lowest BCUT2D eigenvalue weighted by atomic mass is 10.00. The van der Waals surface area contributed by atoms with Crippen LogP contribution in [0.1, 0.15) is 15.9 Å². The molecule has 0 aliphatic rings. The van der Waals surface area contributed by atoms with Gasteiger partial charge in [-0.25, -0.2) is 0 Å². The Morgan fingerprint density at radius 3 is 2.20 bits per heavy atom. The summed E-state index contributed by atoms with van der Waals surface area (Å²) >= 11 is 0. The Kier molecular flexibility index (Phi) is 4.53. The average Bonchev–Trinajstić information content (AvgIpc) is 2.48. The van der Waals surface area contributed by atoms with Gasteiger partial charge in [0.15, 0.2) is 5.78 Å². The van der Waals surface area contributed by atoms with Crippen molar-refractivity contribution in [1.82, 2.24) is 0 Å². The van der Waals surface area contributed by atoms with Crippen LogP contribution in [0.5, 0.6) is 0 Å². The summed E-state index contributed by atoms with van der Waals surface area (Å²) in [5, 5.41) is 10.0. The van der Waals surface area contributed by atoms with Crippen LogP contribution >= 0.6 is 0 Å². The molecule has 104 valence electrons. The van der Waals surface area contributed by atoms with E-state index in [1.807, 2.05) is 49.3 Å². The third kappa shape index (κ3) is 3.45. The van der Waals surface area contributed by atoms with Gasteiger partial charge in [0.05, 0.1) is 0 Å². The van der Waals surface area contributed by atoms with E-state index in [0.29, 0.717) is 12.0 Å². The highest BCUT2D eigenvalue weighted by molar-refractivity contribution is 5.99. The Morgan fingerprint density at radius 1 is 1.05 bits per heavy atom. The first-order valence-electron chi connectivity index (χ1n) is 6.61. The van der Waals surface area contributed by atoms with Crippen LogP contribution in [0, 0.1) is 0 Å². The maximum Gasteiger partial charge on any atom is 0.191 e. The van der Waals surface area contributed by atoms with Crippen LogP contribution in [0.25, 0.3) is 0 Å². The Labute approximate surface area is 119 Å². The van der Waals surface area contributed by atoms with Gasteiger partial charge in [0.25, 0.3) is 0 Å². The lowest BCUT2D eigenvalue weighted by Gasteiger charge is -2.14. The number of benzene rings is 2. The van der Waals surface area contributed by atoms with E-state index < -0.39 is 6.10 Å². The van der Waals surface area contributed by atoms with Crippen molar-refractivity contribution >= 4 is 11.5 Å². The van der Waals surface area contributed by atoms with Crippen molar-refractivity contribution in [2.75, 3.05) is 19.0 Å². The molecule has 2 rings (SSSR count). The fourth-order valence-corrected chi connectivity index (χ4v) is 2.04. The molecule has 0 saturated carbocycles. The van der Waals surface area contributed by atoms with Crippen molar-refractivity contribution in [2.45, 2.75) is 12.5 Å². The molecule has 0 radical (unpaired) electrons. The number of carbonyl (C=O) groups excluding carboxylic acids is 1. The summed E-state index contributed by atoms with van der Waals surface area (Å²) in [6, 6.07) is 16.7. The van der Waals surface area contributed by atoms with E-state index in [2.05, 4.69) is 0 Å². The van der Waals surface area contributed by atoms with Crippen LogP contribution in [0.3, 0.4) is 0 Å². The number of Topliss-reactive ketones (excluding diaryl/α,β-unsaturated/α-hetero) is 1. The third-order valence-electron chi connectivity index (χ3n) is 3.24. The monoisotopic (exact) mass is 269 g/mol. The van der Waals surface area contributed by atoms with Crippen LogP contribution < -0.4 is 4.90 Å². The van der Waals surface area contributed by atoms with Crippen molar-refractivity contribution < 1.29 is 9.90 Å². The maximum absolute atomic E-state index is 12.1. The number of hydrogen-bond donors (Lipinski definition) is 1. The van der Waals surface area contributed by atoms with Gasteiger partial charge >= 0.3 is 0 Å². The van der Waals surface area contributed by atoms with Crippen molar-refractivity contribution in [3.8, 4) is 0 Å². The molecule has 2 aromatic carbocycles. The molecule has 20 heavy (non-hydrogen) atoms. The average molecular weight is 269 g/mol. The van der Waals surface area contributed by atoms with Gasteiger partial charge < -0.3 is 10.0 Å². The summed E-state index contributed by atoms with van der Waals surface area (Å²) < 4.78 is 0. The van der Waals surface area contributed by atoms with E-state index in [-0.39, 0.29) is 5.78 Å². The van der Waals surface area contributed by atoms with E-state index >= 15 is 0 Å². The normalized spacial score (nSPS) is 11.9. The number of aliphatic hydroxyl groups is 1. The predicted octanol–water partition coefficient (Wildman–Crippen LogP) is 2.54. The molecule has 0 bridgehead atoms. The largest absolute Gasteiger partial charge is 0.385 e. The fraction of sp³-hybridized carbons (Fsp3) is 0.235. The predicted molar refractivity (Wildman–Crippen MR) is 81.3 cm³/mol. The molecule has 2 aromatic rings. The second kappa shape index (κ2) is 6.35. The summed E-state index contributed by atoms with van der Waals surface area (Å²) in [4.78, 5) is 14.1. The fourth-order valence-electron chi connectivity index (χ4n) is 2.04. The van der Waals surface area contributed by atoms with Gasteiger partial charge in [-0.3, -0.25) is 4.79 Å². The molecule has 1 N–H and O–H groups in total. The lowest BCUT2D eigenvalue weighted by Crippen LogP contribution is -2.23. The highest BCUT2D eigenvalue weighted by atomic mass is 16.3. The third-order valence-corrected chi connectivity index (χ3v) is 3.24. The number of anilines is 1. The molecule has 0 saturated heterocycles. The Balaban J connectivity index is 2.04. The highest BCUT2D eigenvalue weighted by Crippen LogP contribution is 2.15. The smallest absolute Gasteiger partial charge is 0.191 e. The van der Waals surface area contributed by atoms with Gasteiger partial charge in [0.2, 0.25) is 0 Å². The number of aliphatic hydroxyl groups excluding tert-OH is 1. The summed E-state index contributed by atoms with van der Waals surface area (Å²) in [5.41, 5.74) is 2.59. The van der Waals surface area contributed by atoms with Crippen LogP contribution in [0.4, 0.5) is 5.69 Å². The van der Waals surface area contributed by atoms with E-state index in [1.54, 1.807) is 24.3 Å². The standard InChI is InChI=1S/C17H19NO2/c1-18(2)15-10-8-13(9-11-15)12-16(19)17(20)14-6-4-3-5-7-14/h3-11,16,19H,12H2,1-2H3. The van der Waals surface area contributed by atoms with Gasteiger partial charge in [-0.15, -0.1) is 0 Å². The zero-order valence-electron chi connectivity index (χ0n) is 11.8. The highest BCUT2D eigenvalue weighted by Gasteiger charge is 2.17. The zero-order valence-corrected chi connectivity index (χ0v) is 11.8. The quantitative estimate of drug-likeness (QED) is 0.848. The van der Waals surface area contributed by atoms with E-state index in [4.69, 9.17) is 0 Å². The molecule has 3 heteroatoms. The molecule has 0 spiro atoms. The lowest BCUT2D eigenvalue weighted by molar-refractivity contribution is 0.0748. The van der Waals surface area contributed by atoms with Crippen LogP contribution in [-0.4, -0.2) is 31.1 Å². The second-order valence-electron chi connectivity index (χ2n) is 5.01. The van der Waals surface area contributed by atoms with Crippen molar-refractivity contribution in [1.29, 1.82) is 0 Å². The summed E-state index contributed by atoms with van der Waals surface area (Å²) in [5.74, 6) is -0.234. The number of hydrogen-bond acceptors (Lipinski definition) is 3. The molecule has 0 aliphatic heterocycles. The number of carbonyl (C=O) groups is 1. The zero-order chi connectivity index (χ0) is 14.5. The molecule has 0 amide bonds. The SMILES string of the molecule is CN(C)c1ccc(CC(O)C(=O)c2ccccc2)cc1. The Morgan fingerprint density at radius 2 is 1.65 bits per heavy atom. The number of rotatable bonds is 5. The number of ketones is 1. The van der Waals surface area contributed by atoms with E-state index in [9.17, 15) is 9.90 Å². The van der Waals surface area contributed by atoms with Gasteiger partial charge in [-0.05, 0) is 17.7 Å². The van der Waals surface area contributed by atoms with Gasteiger partial charge in [0.1, 0.15) is 6.10 Å². The van der Waals surface area contributed by atoms with Gasteiger partial charge in [-0.2, -0.15) is 0 Å². The summed E-state index contributed by atoms with van der Waals surface area (Å²) in [6.07, 6.45) is -0.663. The second-order valence-corrected chi connectivity index (χ2v) is 5.01. The van der Waals surface area contributed by atoms with Crippen molar-refractivity contribution in [3.63, 3.8) is 0 Å². The molecule has 1 unspecified atom stereocenters. The van der Waals surface area contributed by atoms with E-state index in [0.717, 1.165) is 11.3 Å². The maximum atomic E-state index is 12.1. The molecule has 0 aromatic heterocycles. The van der Waals surface area contributed by atoms with E-state index in [1.165, 1.54) is 0 Å². The number of nitrogens with zero attached hydrogens (tertiary/aromatic N) is 1. The molecular formula is C17H19NO2. The van der Waals surface area contributed by atoms with Crippen LogP contribution in [-0.2, 0) is 6.42 Å². The molecule has 0 aliphatic carbocycles. The van der Waals surface area contributed by atoms with Gasteiger partial charge in [0, 0.05) is 31.8 Å². The minimum atomic E-state index is -0.998. The van der Waals surface area contributed by atoms with Crippen molar-refractivity contribution in [3.05, 3.63) is 65.7 Å². The minimum absolute atomic E-state index is 0.234. The molecule has 1 atom stereocenters. The molecular weight excluding hydrogens is 250 g/mol. The first-order chi connectivity index (χ1) is 9.58. The topological polar surface area (TPSA) is 40.5 Å². The minimum Gasteiger partial charge on any atom is -0.385 e. The van der Waals surface area contributed by atoms with Crippen LogP contribution in [0.15, 0.2) is 54.6 Å². The Bertz CT molecular complexity index is 561. The Hall–Kier alpha value is -2.13. The van der Waals surface area contributed by atoms with Crippen molar-refractivity contribution in [2.24, 2.45) is 0 Å². The van der Waals surface area contributed by atoms with Gasteiger partial charge in [-0.1, -0.05) is 42.5 Å².